The average Bonchev–Trinajstić information content (AvgIpc) is 2.65. The molecule has 3 N–H and O–H groups in total. The molecule has 0 aromatic heterocycles. The van der Waals surface area contributed by atoms with E-state index in [2.05, 4.69) is 41.7 Å². The Morgan fingerprint density at radius 2 is 1.69 bits per heavy atom. The Hall–Kier alpha value is -1.31. The molecule has 0 saturated carbocycles. The average molecular weight is 474 g/mol. The van der Waals surface area contributed by atoms with E-state index in [0.717, 1.165) is 37.5 Å². The molecule has 1 aromatic carbocycles. The molecule has 0 fully saturated rings. The Morgan fingerprint density at radius 1 is 1.04 bits per heavy atom. The number of nitrogens with one attached hydrogen (secondary N) is 3. The second-order valence-electron chi connectivity index (χ2n) is 6.30. The number of hydrogen-bond donors (Lipinski definition) is 3. The summed E-state index contributed by atoms with van der Waals surface area (Å²) in [7, 11) is 1.78. The molecule has 0 unspecified atom stereocenters. The minimum absolute atomic E-state index is 0. The van der Waals surface area contributed by atoms with Crippen LogP contribution in [0.4, 0.5) is 0 Å². The molecule has 0 radical (unpaired) electrons. The zero-order valence-electron chi connectivity index (χ0n) is 16.6. The molecule has 26 heavy (non-hydrogen) atoms. The number of rotatable bonds is 10. The third kappa shape index (κ3) is 9.40. The number of unbranched alkanes of at least 4 members (excludes halogenated alkanes) is 1. The number of hydrogen-bond acceptors (Lipinski definition) is 2. The number of carbonyl (C=O) groups is 1. The third-order valence-corrected chi connectivity index (χ3v) is 4.43. The van der Waals surface area contributed by atoms with Crippen LogP contribution in [0, 0.1) is 5.92 Å². The van der Waals surface area contributed by atoms with Crippen LogP contribution in [0.15, 0.2) is 29.3 Å². The molecule has 6 heteroatoms. The molecule has 1 amide bonds. The number of guanidine groups is 1. The van der Waals surface area contributed by atoms with Crippen LogP contribution in [0.2, 0.25) is 0 Å². The molecule has 0 aliphatic carbocycles. The molecular formula is C20H35IN4O. The summed E-state index contributed by atoms with van der Waals surface area (Å²) in [4.78, 5) is 16.3. The molecule has 0 atom stereocenters. The van der Waals surface area contributed by atoms with Gasteiger partial charge < -0.3 is 16.0 Å². The standard InChI is InChI=1S/C20H34N4O.HI/c1-5-8-13-22-19(25)18-11-9-17(10-12-18)15-24-20(21-4)23-14-16(6-2)7-3;/h9-12,16H,5-8,13-15H2,1-4H3,(H,22,25)(H2,21,23,24);1H. The van der Waals surface area contributed by atoms with E-state index in [1.165, 1.54) is 12.8 Å². The van der Waals surface area contributed by atoms with Crippen LogP contribution in [0.3, 0.4) is 0 Å². The Kier molecular flexibility index (Phi) is 14.1. The van der Waals surface area contributed by atoms with E-state index in [0.29, 0.717) is 18.0 Å². The molecule has 0 spiro atoms. The van der Waals surface area contributed by atoms with Crippen LogP contribution in [-0.2, 0) is 6.54 Å². The zero-order valence-corrected chi connectivity index (χ0v) is 18.9. The van der Waals surface area contributed by atoms with E-state index in [4.69, 9.17) is 0 Å². The Labute approximate surface area is 175 Å². The lowest BCUT2D eigenvalue weighted by atomic mass is 10.0. The van der Waals surface area contributed by atoms with Crippen molar-refractivity contribution in [1.82, 2.24) is 16.0 Å². The second kappa shape index (κ2) is 14.8. The van der Waals surface area contributed by atoms with Crippen molar-refractivity contribution in [3.8, 4) is 0 Å². The Bertz CT molecular complexity index is 527. The van der Waals surface area contributed by atoms with Gasteiger partial charge in [-0.3, -0.25) is 9.79 Å². The maximum absolute atomic E-state index is 12.0. The van der Waals surface area contributed by atoms with E-state index < -0.39 is 0 Å². The first kappa shape index (κ1) is 24.7. The van der Waals surface area contributed by atoms with Crippen LogP contribution in [-0.4, -0.2) is 32.0 Å². The lowest BCUT2D eigenvalue weighted by Crippen LogP contribution is -2.39. The maximum atomic E-state index is 12.0. The fourth-order valence-corrected chi connectivity index (χ4v) is 2.48. The van der Waals surface area contributed by atoms with Crippen molar-refractivity contribution in [2.75, 3.05) is 20.1 Å². The van der Waals surface area contributed by atoms with Crippen LogP contribution in [0.25, 0.3) is 0 Å². The van der Waals surface area contributed by atoms with Crippen molar-refractivity contribution in [1.29, 1.82) is 0 Å². The van der Waals surface area contributed by atoms with Gasteiger partial charge in [0.15, 0.2) is 5.96 Å². The van der Waals surface area contributed by atoms with Gasteiger partial charge in [-0.15, -0.1) is 24.0 Å². The summed E-state index contributed by atoms with van der Waals surface area (Å²) >= 11 is 0. The maximum Gasteiger partial charge on any atom is 0.251 e. The van der Waals surface area contributed by atoms with Gasteiger partial charge in [-0.2, -0.15) is 0 Å². The zero-order chi connectivity index (χ0) is 18.5. The Morgan fingerprint density at radius 3 is 2.23 bits per heavy atom. The minimum Gasteiger partial charge on any atom is -0.356 e. The van der Waals surface area contributed by atoms with Gasteiger partial charge in [-0.1, -0.05) is 52.2 Å². The first-order valence-electron chi connectivity index (χ1n) is 9.46. The van der Waals surface area contributed by atoms with E-state index in [9.17, 15) is 4.79 Å². The Balaban J connectivity index is 0.00000625. The summed E-state index contributed by atoms with van der Waals surface area (Å²) in [6, 6.07) is 7.71. The normalized spacial score (nSPS) is 11.0. The number of benzene rings is 1. The molecular weight excluding hydrogens is 439 g/mol. The highest BCUT2D eigenvalue weighted by atomic mass is 127. The predicted octanol–water partition coefficient (Wildman–Crippen LogP) is 3.94. The fourth-order valence-electron chi connectivity index (χ4n) is 2.48. The summed E-state index contributed by atoms with van der Waals surface area (Å²) in [6.07, 6.45) is 4.43. The van der Waals surface area contributed by atoms with E-state index >= 15 is 0 Å². The first-order valence-corrected chi connectivity index (χ1v) is 9.46. The highest BCUT2D eigenvalue weighted by Crippen LogP contribution is 2.06. The minimum atomic E-state index is -0.00407. The van der Waals surface area contributed by atoms with Gasteiger partial charge in [-0.05, 0) is 30.0 Å². The van der Waals surface area contributed by atoms with Gasteiger partial charge in [0.1, 0.15) is 0 Å². The molecule has 0 aliphatic heterocycles. The number of carbonyl (C=O) groups excluding carboxylic acids is 1. The van der Waals surface area contributed by atoms with Crippen molar-refractivity contribution >= 4 is 35.8 Å². The van der Waals surface area contributed by atoms with E-state index in [-0.39, 0.29) is 29.9 Å². The van der Waals surface area contributed by atoms with E-state index in [1.54, 1.807) is 7.05 Å². The first-order chi connectivity index (χ1) is 12.1. The summed E-state index contributed by atoms with van der Waals surface area (Å²) in [5.41, 5.74) is 1.83. The molecule has 0 heterocycles. The lowest BCUT2D eigenvalue weighted by Gasteiger charge is -2.16. The van der Waals surface area contributed by atoms with Gasteiger partial charge in [0.2, 0.25) is 0 Å². The monoisotopic (exact) mass is 474 g/mol. The summed E-state index contributed by atoms with van der Waals surface area (Å²) < 4.78 is 0. The molecule has 1 rings (SSSR count). The van der Waals surface area contributed by atoms with Crippen molar-refractivity contribution in [3.05, 3.63) is 35.4 Å². The molecule has 5 nitrogen and oxygen atoms in total. The quantitative estimate of drug-likeness (QED) is 0.208. The highest BCUT2D eigenvalue weighted by Gasteiger charge is 2.06. The van der Waals surface area contributed by atoms with Crippen LogP contribution in [0.5, 0.6) is 0 Å². The topological polar surface area (TPSA) is 65.5 Å². The van der Waals surface area contributed by atoms with Gasteiger partial charge in [-0.25, -0.2) is 0 Å². The van der Waals surface area contributed by atoms with Crippen LogP contribution >= 0.6 is 24.0 Å². The van der Waals surface area contributed by atoms with Crippen LogP contribution < -0.4 is 16.0 Å². The lowest BCUT2D eigenvalue weighted by molar-refractivity contribution is 0.0953. The second-order valence-corrected chi connectivity index (χ2v) is 6.30. The number of aliphatic imine (C=N–C) groups is 1. The fraction of sp³-hybridized carbons (Fsp3) is 0.600. The van der Waals surface area contributed by atoms with Crippen molar-refractivity contribution < 1.29 is 4.79 Å². The van der Waals surface area contributed by atoms with Crippen molar-refractivity contribution in [2.24, 2.45) is 10.9 Å². The largest absolute Gasteiger partial charge is 0.356 e. The highest BCUT2D eigenvalue weighted by molar-refractivity contribution is 14.0. The predicted molar refractivity (Wildman–Crippen MR) is 121 cm³/mol. The van der Waals surface area contributed by atoms with Crippen LogP contribution in [0.1, 0.15) is 62.4 Å². The molecule has 0 bridgehead atoms. The van der Waals surface area contributed by atoms with Gasteiger partial charge in [0, 0.05) is 32.2 Å². The molecule has 0 aliphatic rings. The van der Waals surface area contributed by atoms with Gasteiger partial charge in [0.25, 0.3) is 5.91 Å². The molecule has 1 aromatic rings. The van der Waals surface area contributed by atoms with E-state index in [1.807, 2.05) is 24.3 Å². The summed E-state index contributed by atoms with van der Waals surface area (Å²) in [5.74, 6) is 1.48. The summed E-state index contributed by atoms with van der Waals surface area (Å²) in [6.45, 7) is 8.89. The van der Waals surface area contributed by atoms with Gasteiger partial charge in [0.05, 0.1) is 0 Å². The smallest absolute Gasteiger partial charge is 0.251 e. The van der Waals surface area contributed by atoms with Gasteiger partial charge >= 0.3 is 0 Å². The number of halogens is 1. The van der Waals surface area contributed by atoms with Crippen molar-refractivity contribution in [2.45, 2.75) is 53.0 Å². The molecule has 148 valence electrons. The number of nitrogens with zero attached hydrogens (tertiary/aromatic N) is 1. The summed E-state index contributed by atoms with van der Waals surface area (Å²) in [5, 5.41) is 9.63. The van der Waals surface area contributed by atoms with Crippen molar-refractivity contribution in [3.63, 3.8) is 0 Å². The third-order valence-electron chi connectivity index (χ3n) is 4.43. The number of amides is 1. The molecule has 0 saturated heterocycles. The SMILES string of the molecule is CCCCNC(=O)c1ccc(CNC(=NC)NCC(CC)CC)cc1.I.